The Morgan fingerprint density at radius 2 is 1.76 bits per heavy atom. The minimum atomic E-state index is -0.872. The molecule has 0 aliphatic heterocycles. The molecule has 0 unspecified atom stereocenters. The number of Topliss-reactive ketones (excluding diaryl/α,β-unsaturated/α-hetero) is 1. The molecule has 0 aliphatic rings. The smallest absolute Gasteiger partial charge is 0.194 e. The molecule has 0 aliphatic carbocycles. The quantitative estimate of drug-likeness (QED) is 0.545. The van der Waals surface area contributed by atoms with Crippen molar-refractivity contribution in [3.8, 4) is 0 Å². The summed E-state index contributed by atoms with van der Waals surface area (Å²) in [5.74, 6) is -2.45. The largest absolute Gasteiger partial charge is 0.379 e. The zero-order chi connectivity index (χ0) is 12.7. The molecule has 17 heavy (non-hydrogen) atoms. The lowest BCUT2D eigenvalue weighted by atomic mass is 10.1. The molecule has 0 saturated heterocycles. The maximum absolute atomic E-state index is 13.2. The van der Waals surface area contributed by atoms with Crippen LogP contribution >= 0.6 is 0 Å². The summed E-state index contributed by atoms with van der Waals surface area (Å²) in [7, 11) is 0. The first-order chi connectivity index (χ1) is 8.16. The molecular weight excluding hydrogens is 230 g/mol. The summed E-state index contributed by atoms with van der Waals surface area (Å²) in [5, 5.41) is 0. The standard InChI is InChI=1S/C12H14F2O3/c1-2-16-6-7-17-8-11(15)12-9(13)4-3-5-10(12)14/h3-5H,2,6-8H2,1H3. The zero-order valence-electron chi connectivity index (χ0n) is 9.54. The van der Waals surface area contributed by atoms with Gasteiger partial charge in [-0.1, -0.05) is 6.07 Å². The Morgan fingerprint density at radius 3 is 2.35 bits per heavy atom. The number of ether oxygens (including phenoxy) is 2. The molecule has 0 fully saturated rings. The van der Waals surface area contributed by atoms with Crippen molar-refractivity contribution in [3.63, 3.8) is 0 Å². The third kappa shape index (κ3) is 4.20. The molecular formula is C12H14F2O3. The van der Waals surface area contributed by atoms with E-state index in [0.717, 1.165) is 12.1 Å². The molecule has 0 heterocycles. The van der Waals surface area contributed by atoms with Gasteiger partial charge in [0.25, 0.3) is 0 Å². The molecule has 0 saturated carbocycles. The van der Waals surface area contributed by atoms with Gasteiger partial charge in [0.15, 0.2) is 5.78 Å². The average Bonchev–Trinajstić information content (AvgIpc) is 2.28. The van der Waals surface area contributed by atoms with Gasteiger partial charge in [0, 0.05) is 6.61 Å². The van der Waals surface area contributed by atoms with Gasteiger partial charge in [0.1, 0.15) is 18.2 Å². The Bertz CT molecular complexity index is 360. The van der Waals surface area contributed by atoms with E-state index in [-0.39, 0.29) is 13.2 Å². The summed E-state index contributed by atoms with van der Waals surface area (Å²) < 4.78 is 36.3. The van der Waals surface area contributed by atoms with Crippen molar-refractivity contribution in [2.45, 2.75) is 6.92 Å². The van der Waals surface area contributed by atoms with E-state index in [4.69, 9.17) is 9.47 Å². The van der Waals surface area contributed by atoms with Gasteiger partial charge < -0.3 is 9.47 Å². The van der Waals surface area contributed by atoms with Gasteiger partial charge in [-0.2, -0.15) is 0 Å². The lowest BCUT2D eigenvalue weighted by Crippen LogP contribution is -2.15. The van der Waals surface area contributed by atoms with E-state index >= 15 is 0 Å². The summed E-state index contributed by atoms with van der Waals surface area (Å²) >= 11 is 0. The van der Waals surface area contributed by atoms with E-state index in [1.165, 1.54) is 6.07 Å². The highest BCUT2D eigenvalue weighted by Gasteiger charge is 2.16. The molecule has 0 spiro atoms. The van der Waals surface area contributed by atoms with Crippen LogP contribution < -0.4 is 0 Å². The zero-order valence-corrected chi connectivity index (χ0v) is 9.54. The Labute approximate surface area is 98.3 Å². The van der Waals surface area contributed by atoms with Gasteiger partial charge in [0.05, 0.1) is 18.8 Å². The summed E-state index contributed by atoms with van der Waals surface area (Å²) in [6.07, 6.45) is 0. The third-order valence-corrected chi connectivity index (χ3v) is 2.05. The van der Waals surface area contributed by atoms with Crippen LogP contribution in [0.2, 0.25) is 0 Å². The highest BCUT2D eigenvalue weighted by molar-refractivity contribution is 5.97. The minimum Gasteiger partial charge on any atom is -0.379 e. The molecule has 0 aromatic heterocycles. The van der Waals surface area contributed by atoms with Crippen LogP contribution in [0.15, 0.2) is 18.2 Å². The first-order valence-electron chi connectivity index (χ1n) is 5.29. The second-order valence-electron chi connectivity index (χ2n) is 3.27. The minimum absolute atomic E-state index is 0.218. The molecule has 0 radical (unpaired) electrons. The summed E-state index contributed by atoms with van der Waals surface area (Å²) in [6, 6.07) is 3.28. The van der Waals surface area contributed by atoms with Crippen LogP contribution in [0, 0.1) is 11.6 Å². The van der Waals surface area contributed by atoms with E-state index in [1.807, 2.05) is 6.92 Å². The summed E-state index contributed by atoms with van der Waals surface area (Å²) in [5.41, 5.74) is -0.552. The van der Waals surface area contributed by atoms with E-state index in [9.17, 15) is 13.6 Å². The van der Waals surface area contributed by atoms with Gasteiger partial charge in [-0.25, -0.2) is 8.78 Å². The monoisotopic (exact) mass is 244 g/mol. The number of hydrogen-bond donors (Lipinski definition) is 0. The normalized spacial score (nSPS) is 10.5. The van der Waals surface area contributed by atoms with Crippen LogP contribution in [-0.2, 0) is 9.47 Å². The van der Waals surface area contributed by atoms with Crippen molar-refractivity contribution < 1.29 is 23.0 Å². The lowest BCUT2D eigenvalue weighted by Gasteiger charge is -2.05. The third-order valence-electron chi connectivity index (χ3n) is 2.05. The van der Waals surface area contributed by atoms with Crippen LogP contribution in [0.25, 0.3) is 0 Å². The molecule has 1 aromatic carbocycles. The fraction of sp³-hybridized carbons (Fsp3) is 0.417. The Hall–Kier alpha value is -1.33. The van der Waals surface area contributed by atoms with Crippen molar-refractivity contribution in [3.05, 3.63) is 35.4 Å². The number of carbonyl (C=O) groups is 1. The first-order valence-corrected chi connectivity index (χ1v) is 5.29. The second kappa shape index (κ2) is 7.09. The van der Waals surface area contributed by atoms with Crippen LogP contribution in [-0.4, -0.2) is 32.2 Å². The fourth-order valence-electron chi connectivity index (χ4n) is 1.26. The predicted molar refractivity (Wildman–Crippen MR) is 58.0 cm³/mol. The van der Waals surface area contributed by atoms with Gasteiger partial charge in [-0.05, 0) is 19.1 Å². The topological polar surface area (TPSA) is 35.5 Å². The maximum atomic E-state index is 13.2. The Morgan fingerprint density at radius 1 is 1.18 bits per heavy atom. The molecule has 5 heteroatoms. The van der Waals surface area contributed by atoms with Crippen LogP contribution in [0.3, 0.4) is 0 Å². The van der Waals surface area contributed by atoms with Crippen molar-refractivity contribution in [2.75, 3.05) is 26.4 Å². The van der Waals surface area contributed by atoms with E-state index < -0.39 is 23.0 Å². The number of hydrogen-bond acceptors (Lipinski definition) is 3. The molecule has 94 valence electrons. The van der Waals surface area contributed by atoms with Crippen molar-refractivity contribution in [1.29, 1.82) is 0 Å². The summed E-state index contributed by atoms with van der Waals surface area (Å²) in [6.45, 7) is 2.60. The molecule has 0 N–H and O–H groups in total. The average molecular weight is 244 g/mol. The number of benzene rings is 1. The molecule has 3 nitrogen and oxygen atoms in total. The maximum Gasteiger partial charge on any atom is 0.194 e. The van der Waals surface area contributed by atoms with Gasteiger partial charge in [0.2, 0.25) is 0 Å². The number of halogens is 2. The Kier molecular flexibility index (Phi) is 5.72. The number of ketones is 1. The first kappa shape index (κ1) is 13.7. The lowest BCUT2D eigenvalue weighted by molar-refractivity contribution is 0.0471. The predicted octanol–water partition coefficient (Wildman–Crippen LogP) is 2.20. The summed E-state index contributed by atoms with van der Waals surface area (Å²) in [4.78, 5) is 11.5. The van der Waals surface area contributed by atoms with Gasteiger partial charge >= 0.3 is 0 Å². The molecule has 0 atom stereocenters. The van der Waals surface area contributed by atoms with Crippen molar-refractivity contribution >= 4 is 5.78 Å². The highest BCUT2D eigenvalue weighted by Crippen LogP contribution is 2.12. The number of carbonyl (C=O) groups excluding carboxylic acids is 1. The van der Waals surface area contributed by atoms with E-state index in [2.05, 4.69) is 0 Å². The number of rotatable bonds is 7. The molecule has 0 bridgehead atoms. The van der Waals surface area contributed by atoms with E-state index in [0.29, 0.717) is 13.2 Å². The fourth-order valence-corrected chi connectivity index (χ4v) is 1.26. The van der Waals surface area contributed by atoms with Gasteiger partial charge in [-0.3, -0.25) is 4.79 Å². The van der Waals surface area contributed by atoms with Gasteiger partial charge in [-0.15, -0.1) is 0 Å². The van der Waals surface area contributed by atoms with Crippen LogP contribution in [0.1, 0.15) is 17.3 Å². The highest BCUT2D eigenvalue weighted by atomic mass is 19.1. The SMILES string of the molecule is CCOCCOCC(=O)c1c(F)cccc1F. The molecule has 1 rings (SSSR count). The van der Waals surface area contributed by atoms with E-state index in [1.54, 1.807) is 0 Å². The Balaban J connectivity index is 2.47. The molecule has 0 amide bonds. The second-order valence-corrected chi connectivity index (χ2v) is 3.27. The van der Waals surface area contributed by atoms with Crippen molar-refractivity contribution in [2.24, 2.45) is 0 Å². The van der Waals surface area contributed by atoms with Crippen molar-refractivity contribution in [1.82, 2.24) is 0 Å². The molecule has 1 aromatic rings. The van der Waals surface area contributed by atoms with Crippen LogP contribution in [0.4, 0.5) is 8.78 Å². The van der Waals surface area contributed by atoms with Crippen LogP contribution in [0.5, 0.6) is 0 Å².